The van der Waals surface area contributed by atoms with Crippen LogP contribution in [0.4, 0.5) is 0 Å². The van der Waals surface area contributed by atoms with Gasteiger partial charge >= 0.3 is 11.9 Å². The van der Waals surface area contributed by atoms with Crippen molar-refractivity contribution in [3.63, 3.8) is 0 Å². The highest BCUT2D eigenvalue weighted by Gasteiger charge is 2.46. The zero-order valence-electron chi connectivity index (χ0n) is 44.1. The van der Waals surface area contributed by atoms with Crippen LogP contribution < -0.4 is 31.3 Å². The molecule has 2 aliphatic rings. The van der Waals surface area contributed by atoms with E-state index < -0.39 is 139 Å². The highest BCUT2D eigenvalue weighted by Crippen LogP contribution is 2.27. The Labute approximate surface area is 446 Å². The van der Waals surface area contributed by atoms with Crippen molar-refractivity contribution < 1.29 is 78.2 Å². The summed E-state index contributed by atoms with van der Waals surface area (Å²) in [5, 5.41) is 64.8. The Balaban J connectivity index is 1.66. The fraction of sp³-hybridized carbons (Fsp3) is 0.500. The number of phenolic OH excluding ortho intramolecular Hbond substituents is 2. The summed E-state index contributed by atoms with van der Waals surface area (Å²) < 4.78 is 11.2. The number of hydrogen-bond donors (Lipinski definition) is 10. The molecule has 0 saturated carbocycles. The number of nitrogens with one attached hydrogen (secondary N) is 5. The number of likely N-dealkylation sites (N-methyl/N-ethyl adjacent to an activating group) is 1. The molecule has 7 amide bonds. The van der Waals surface area contributed by atoms with E-state index in [1.54, 1.807) is 52.0 Å². The first-order valence-corrected chi connectivity index (χ1v) is 25.5. The number of nitrogens with zero attached hydrogens (tertiary/aromatic N) is 2. The van der Waals surface area contributed by atoms with Crippen molar-refractivity contribution in [1.82, 2.24) is 36.4 Å². The van der Waals surface area contributed by atoms with Crippen LogP contribution in [0, 0.1) is 11.8 Å². The van der Waals surface area contributed by atoms with Crippen LogP contribution in [0.3, 0.4) is 0 Å². The van der Waals surface area contributed by atoms with Crippen molar-refractivity contribution in [2.45, 2.75) is 147 Å². The number of carbonyl (C=O) groups is 9. The number of carboxylic acids is 1. The van der Waals surface area contributed by atoms with Gasteiger partial charge in [0.05, 0.1) is 7.11 Å². The standard InChI is InChI=1S/C54H71N7O16/c1-8-29(4)46(67)51(72)55-37(22-24-43(65)66)47(68)59-45-30(5)77-54(75)44(28(2)3)58-49(70)40(26-32-11-17-35(63)18-12-32)60(6)53(74)41(27-33-13-19-36(76-7)20-14-33)61-42(64)23-21-38(52(61)73)56-48(69)39(57-50(45)71)25-31-9-15-34(62)16-10-31/h9-20,28-30,37-42,44-46,62-64,67H,8,21-27H2,1-7H3,(H,55,72)(H,56,69)(H,57,71)(H,58,70)(H,59,68)(H,65,66). The number of cyclic esters (lactones) is 1. The maximum absolute atomic E-state index is 15.2. The van der Waals surface area contributed by atoms with Crippen LogP contribution in [0.5, 0.6) is 17.2 Å². The Morgan fingerprint density at radius 2 is 1.31 bits per heavy atom. The Kier molecular flexibility index (Phi) is 21.3. The van der Waals surface area contributed by atoms with Crippen molar-refractivity contribution in [3.05, 3.63) is 89.5 Å². The van der Waals surface area contributed by atoms with Crippen molar-refractivity contribution in [1.29, 1.82) is 0 Å². The Bertz CT molecular complexity index is 2580. The molecule has 77 heavy (non-hydrogen) atoms. The Morgan fingerprint density at radius 3 is 1.86 bits per heavy atom. The molecule has 10 N–H and O–H groups in total. The van der Waals surface area contributed by atoms with Gasteiger partial charge in [0.25, 0.3) is 0 Å². The molecule has 11 atom stereocenters. The third-order valence-corrected chi connectivity index (χ3v) is 13.9. The molecule has 2 bridgehead atoms. The third-order valence-electron chi connectivity index (χ3n) is 13.9. The number of amides is 7. The number of methoxy groups -OCH3 is 1. The van der Waals surface area contributed by atoms with Crippen LogP contribution in [-0.2, 0) is 67.2 Å². The van der Waals surface area contributed by atoms with E-state index >= 15 is 4.79 Å². The van der Waals surface area contributed by atoms with Gasteiger partial charge in [0, 0.05) is 32.7 Å². The van der Waals surface area contributed by atoms with Gasteiger partial charge in [0.1, 0.15) is 78.0 Å². The van der Waals surface area contributed by atoms with E-state index in [2.05, 4.69) is 26.6 Å². The van der Waals surface area contributed by atoms with E-state index in [1.807, 2.05) is 0 Å². The average Bonchev–Trinajstić information content (AvgIpc) is 3.39. The molecular formula is C54H71N7O16. The smallest absolute Gasteiger partial charge is 0.329 e. The number of benzene rings is 3. The summed E-state index contributed by atoms with van der Waals surface area (Å²) in [6.07, 6.45) is -6.74. The minimum Gasteiger partial charge on any atom is -0.508 e. The Morgan fingerprint density at radius 1 is 0.753 bits per heavy atom. The van der Waals surface area contributed by atoms with Crippen molar-refractivity contribution in [2.24, 2.45) is 11.8 Å². The number of carbonyl (C=O) groups excluding carboxylic acids is 8. The zero-order chi connectivity index (χ0) is 56.8. The summed E-state index contributed by atoms with van der Waals surface area (Å²) in [4.78, 5) is 130. The number of aliphatic carboxylic acids is 1. The minimum atomic E-state index is -1.94. The first-order valence-electron chi connectivity index (χ1n) is 25.5. The van der Waals surface area contributed by atoms with Crippen LogP contribution in [0.25, 0.3) is 0 Å². The molecule has 23 nitrogen and oxygen atoms in total. The van der Waals surface area contributed by atoms with Gasteiger partial charge in [-0.25, -0.2) is 4.79 Å². The summed E-state index contributed by atoms with van der Waals surface area (Å²) in [6.45, 7) is 7.66. The van der Waals surface area contributed by atoms with E-state index in [0.29, 0.717) is 28.9 Å². The van der Waals surface area contributed by atoms with Gasteiger partial charge in [-0.3, -0.25) is 38.4 Å². The second-order valence-electron chi connectivity index (χ2n) is 19.9. The van der Waals surface area contributed by atoms with Crippen LogP contribution >= 0.6 is 0 Å². The minimum absolute atomic E-state index is 0.0885. The van der Waals surface area contributed by atoms with E-state index in [-0.39, 0.29) is 43.6 Å². The zero-order valence-corrected chi connectivity index (χ0v) is 44.1. The van der Waals surface area contributed by atoms with E-state index in [9.17, 15) is 63.9 Å². The molecule has 23 heteroatoms. The van der Waals surface area contributed by atoms with Gasteiger partial charge in [-0.05, 0) is 91.1 Å². The molecular weight excluding hydrogens is 1000 g/mol. The number of piperidine rings is 1. The molecule has 5 rings (SSSR count). The normalized spacial score (nSPS) is 24.1. The number of aliphatic hydroxyl groups excluding tert-OH is 2. The van der Waals surface area contributed by atoms with Crippen molar-refractivity contribution in [3.8, 4) is 17.2 Å². The number of aromatic hydroxyl groups is 2. The number of esters is 1. The van der Waals surface area contributed by atoms with E-state index in [1.165, 1.54) is 69.6 Å². The van der Waals surface area contributed by atoms with Crippen molar-refractivity contribution >= 4 is 53.3 Å². The lowest BCUT2D eigenvalue weighted by Gasteiger charge is -2.43. The third kappa shape index (κ3) is 16.1. The quantitative estimate of drug-likeness (QED) is 0.0826. The van der Waals surface area contributed by atoms with Gasteiger partial charge in [0.15, 0.2) is 0 Å². The van der Waals surface area contributed by atoms with Crippen LogP contribution in [0.2, 0.25) is 0 Å². The maximum Gasteiger partial charge on any atom is 0.329 e. The fourth-order valence-corrected chi connectivity index (χ4v) is 8.95. The SMILES string of the molecule is CCC(C)C(O)C(=O)NC(CCC(=O)O)C(=O)NC1C(=O)NC(Cc2ccc(O)cc2)C(=O)NC2CCC(O)N(C2=O)C(Cc2ccc(OC)cc2)C(=O)N(C)C(Cc2ccc(O)cc2)C(=O)NC(C(C)C)C(=O)OC1C. The molecule has 0 radical (unpaired) electrons. The Hall–Kier alpha value is -7.79. The lowest BCUT2D eigenvalue weighted by Crippen LogP contribution is -2.65. The van der Waals surface area contributed by atoms with Crippen LogP contribution in [-0.4, -0.2) is 164 Å². The summed E-state index contributed by atoms with van der Waals surface area (Å²) in [7, 11) is 2.78. The maximum atomic E-state index is 15.2. The topological polar surface area (TPSA) is 340 Å². The summed E-state index contributed by atoms with van der Waals surface area (Å²) >= 11 is 0. The number of hydrogen-bond acceptors (Lipinski definition) is 15. The highest BCUT2D eigenvalue weighted by atomic mass is 16.5. The second-order valence-corrected chi connectivity index (χ2v) is 19.9. The van der Waals surface area contributed by atoms with E-state index in [4.69, 9.17) is 9.47 Å². The summed E-state index contributed by atoms with van der Waals surface area (Å²) in [6, 6.07) is 6.76. The predicted molar refractivity (Wildman–Crippen MR) is 275 cm³/mol. The molecule has 0 aliphatic carbocycles. The van der Waals surface area contributed by atoms with Gasteiger partial charge < -0.3 is 71.4 Å². The average molecular weight is 1070 g/mol. The number of carboxylic acid groups (broad SMARTS) is 1. The van der Waals surface area contributed by atoms with Gasteiger partial charge in [-0.1, -0.05) is 70.5 Å². The number of ether oxygens (including phenoxy) is 2. The summed E-state index contributed by atoms with van der Waals surface area (Å²) in [5.74, 6) is -10.4. The lowest BCUT2D eigenvalue weighted by molar-refractivity contribution is -0.165. The first-order chi connectivity index (χ1) is 36.4. The van der Waals surface area contributed by atoms with Crippen molar-refractivity contribution in [2.75, 3.05) is 14.2 Å². The second kappa shape index (κ2) is 27.3. The molecule has 3 aromatic rings. The first kappa shape index (κ1) is 60.1. The molecule has 0 spiro atoms. The predicted octanol–water partition coefficient (Wildman–Crippen LogP) is 0.568. The van der Waals surface area contributed by atoms with Crippen LogP contribution in [0.1, 0.15) is 83.4 Å². The molecule has 11 unspecified atom stereocenters. The molecule has 418 valence electrons. The number of aliphatic hydroxyl groups is 2. The largest absolute Gasteiger partial charge is 0.508 e. The van der Waals surface area contributed by atoms with E-state index in [0.717, 1.165) is 9.80 Å². The van der Waals surface area contributed by atoms with Gasteiger partial charge in [-0.2, -0.15) is 0 Å². The van der Waals surface area contributed by atoms with Gasteiger partial charge in [-0.15, -0.1) is 0 Å². The van der Waals surface area contributed by atoms with Gasteiger partial charge in [0.2, 0.25) is 41.4 Å². The molecule has 2 fully saturated rings. The van der Waals surface area contributed by atoms with Crippen LogP contribution in [0.15, 0.2) is 72.8 Å². The molecule has 2 heterocycles. The highest BCUT2D eigenvalue weighted by molar-refractivity contribution is 5.98. The fourth-order valence-electron chi connectivity index (χ4n) is 8.95. The lowest BCUT2D eigenvalue weighted by atomic mass is 9.95. The molecule has 2 aliphatic heterocycles. The number of rotatable bonds is 17. The number of fused-ring (bicyclic) bond motifs is 2. The molecule has 0 aromatic heterocycles. The molecule has 3 aromatic carbocycles. The number of phenols is 2. The monoisotopic (exact) mass is 1070 g/mol. The summed E-state index contributed by atoms with van der Waals surface area (Å²) in [5.41, 5.74) is 1.35. The molecule has 2 saturated heterocycles.